The zero-order valence-corrected chi connectivity index (χ0v) is 51.5. The number of unbranched alkanes of at least 4 members (excludes halogenated alkanes) is 6. The summed E-state index contributed by atoms with van der Waals surface area (Å²) in [7, 11) is 8.30. The fourth-order valence-corrected chi connectivity index (χ4v) is 17.7. The van der Waals surface area contributed by atoms with Crippen molar-refractivity contribution in [1.82, 2.24) is 0 Å². The first-order valence-electron chi connectivity index (χ1n) is 29.2. The molecule has 10 aromatic carbocycles. The van der Waals surface area contributed by atoms with Crippen molar-refractivity contribution in [3.8, 4) is 11.5 Å². The molecule has 0 unspecified atom stereocenters. The molecule has 0 heterocycles. The van der Waals surface area contributed by atoms with Crippen LogP contribution in [0.4, 0.5) is 11.4 Å². The van der Waals surface area contributed by atoms with E-state index in [1.54, 1.807) is 0 Å². The van der Waals surface area contributed by atoms with Crippen molar-refractivity contribution in [1.29, 1.82) is 0 Å². The SMILES string of the molecule is CN(C)c1ccc(/C=C/c2c3ccccc3c(/C=C/c3ccc(OCCCCCC[Se][Se]CCCCCCOc4ccc(/C=C/c5c6ccccc6c(/C=C/c6ccc(N(C)C)cc6)c6ccccc56)cc4)cc3)c3ccccc23)cc1. The number of fused-ring (bicyclic) bond motifs is 4. The summed E-state index contributed by atoms with van der Waals surface area (Å²) in [4.78, 5) is 4.26. The summed E-state index contributed by atoms with van der Waals surface area (Å²) in [5.41, 5.74) is 12.1. The standard InChI is InChI=1S/C76H76N2O2Se2/c1-77(2)61-41-29-57(30-42-61)37-49-73-65-21-9-13-25-69(65)75(70-26-14-10-22-66(70)73)51-39-59-33-45-63(46-34-59)79-53-17-5-7-19-55-81-82-56-20-8-6-18-54-80-64-47-35-60(36-48-64)40-52-76-71-27-15-11-23-67(71)74(68-24-12-16-28-72(68)76)50-38-58-31-43-62(44-32-58)78(3)4/h9-16,21-52H,5-8,17-20,53-56H2,1-4H3/b49-37+,50-38+,51-39+,52-40+. The summed E-state index contributed by atoms with van der Waals surface area (Å²) < 4.78 is 12.4. The van der Waals surface area contributed by atoms with Gasteiger partial charge in [0, 0.05) is 39.6 Å². The third kappa shape index (κ3) is 15.3. The van der Waals surface area contributed by atoms with Gasteiger partial charge in [-0.3, -0.25) is 0 Å². The van der Waals surface area contributed by atoms with E-state index in [4.69, 9.17) is 9.47 Å². The van der Waals surface area contributed by atoms with Crippen LogP contribution in [0.3, 0.4) is 0 Å². The number of nitrogens with zero attached hydrogens (tertiary/aromatic N) is 2. The van der Waals surface area contributed by atoms with Crippen LogP contribution in [0.2, 0.25) is 10.6 Å². The molecule has 0 spiro atoms. The molecule has 0 aliphatic heterocycles. The number of ether oxygens (including phenoxy) is 2. The zero-order valence-electron chi connectivity index (χ0n) is 48.1. The summed E-state index contributed by atoms with van der Waals surface area (Å²) in [5.74, 6) is 1.89. The summed E-state index contributed by atoms with van der Waals surface area (Å²) in [5, 5.41) is 12.9. The second-order valence-electron chi connectivity index (χ2n) is 21.4. The molecular weight excluding hydrogens is 1130 g/mol. The predicted molar refractivity (Wildman–Crippen MR) is 362 cm³/mol. The van der Waals surface area contributed by atoms with Gasteiger partial charge in [0.2, 0.25) is 0 Å². The van der Waals surface area contributed by atoms with Crippen molar-refractivity contribution in [2.75, 3.05) is 51.2 Å². The van der Waals surface area contributed by atoms with Gasteiger partial charge in [-0.05, 0) is 101 Å². The molecule has 0 saturated carbocycles. The van der Waals surface area contributed by atoms with Gasteiger partial charge < -0.3 is 9.80 Å². The summed E-state index contributed by atoms with van der Waals surface area (Å²) >= 11 is 1.66. The number of rotatable bonds is 27. The second kappa shape index (κ2) is 29.4. The van der Waals surface area contributed by atoms with Crippen LogP contribution in [0.1, 0.15) is 95.9 Å². The Hall–Kier alpha value is -7.56. The summed E-state index contributed by atoms with van der Waals surface area (Å²) in [6.07, 6.45) is 28.1. The largest absolute Gasteiger partial charge is 0.0616 e. The molecule has 0 saturated heterocycles. The van der Waals surface area contributed by atoms with E-state index < -0.39 is 0 Å². The van der Waals surface area contributed by atoms with Crippen LogP contribution in [0, 0.1) is 0 Å². The molecule has 0 N–H and O–H groups in total. The van der Waals surface area contributed by atoms with E-state index in [2.05, 4.69) is 281 Å². The van der Waals surface area contributed by atoms with Crippen LogP contribution >= 0.6 is 0 Å². The van der Waals surface area contributed by atoms with Crippen molar-refractivity contribution in [2.45, 2.75) is 62.0 Å². The monoisotopic (exact) mass is 1210 g/mol. The van der Waals surface area contributed by atoms with Gasteiger partial charge in [0.1, 0.15) is 0 Å². The number of benzene rings is 10. The molecule has 0 fully saturated rings. The maximum Gasteiger partial charge on any atom is -0.00990 e. The van der Waals surface area contributed by atoms with Crippen LogP contribution in [-0.2, 0) is 0 Å². The number of anilines is 2. The second-order valence-corrected chi connectivity index (χ2v) is 29.3. The Kier molecular flexibility index (Phi) is 20.7. The fraction of sp³-hybridized carbons (Fsp3) is 0.211. The third-order valence-corrected chi connectivity index (χ3v) is 23.0. The minimum Gasteiger partial charge on any atom is -0.0616 e. The maximum atomic E-state index is 6.18. The Morgan fingerprint density at radius 1 is 0.280 bits per heavy atom. The van der Waals surface area contributed by atoms with Crippen molar-refractivity contribution in [3.63, 3.8) is 0 Å². The van der Waals surface area contributed by atoms with E-state index >= 15 is 0 Å². The first-order valence-corrected chi connectivity index (χ1v) is 36.0. The van der Waals surface area contributed by atoms with Crippen LogP contribution in [0.25, 0.3) is 91.7 Å². The van der Waals surface area contributed by atoms with Gasteiger partial charge in [-0.25, -0.2) is 0 Å². The predicted octanol–water partition coefficient (Wildman–Crippen LogP) is 19.9. The quantitative estimate of drug-likeness (QED) is 0.0222. The molecule has 0 aromatic heterocycles. The van der Waals surface area contributed by atoms with Crippen molar-refractivity contribution in [3.05, 3.63) is 239 Å². The third-order valence-electron chi connectivity index (χ3n) is 15.2. The average Bonchev–Trinajstić information content (AvgIpc) is 3.12. The average molecular weight is 1210 g/mol. The minimum absolute atomic E-state index is 0.777. The van der Waals surface area contributed by atoms with E-state index in [0.29, 0.717) is 0 Å². The Labute approximate surface area is 498 Å². The van der Waals surface area contributed by atoms with Crippen molar-refractivity contribution in [2.24, 2.45) is 0 Å². The van der Waals surface area contributed by atoms with E-state index in [9.17, 15) is 0 Å². The molecule has 0 atom stereocenters. The van der Waals surface area contributed by atoms with Crippen molar-refractivity contribution < 1.29 is 9.47 Å². The Morgan fingerprint density at radius 2 is 0.524 bits per heavy atom. The van der Waals surface area contributed by atoms with E-state index in [1.807, 2.05) is 0 Å². The molecule has 10 aromatic rings. The minimum atomic E-state index is 0.777. The van der Waals surface area contributed by atoms with Crippen LogP contribution in [0.5, 0.6) is 11.5 Å². The molecule has 414 valence electrons. The van der Waals surface area contributed by atoms with E-state index in [0.717, 1.165) is 74.9 Å². The maximum absolute atomic E-state index is 6.18. The van der Waals surface area contributed by atoms with Gasteiger partial charge in [0.25, 0.3) is 0 Å². The van der Waals surface area contributed by atoms with Gasteiger partial charge in [-0.2, -0.15) is 0 Å². The molecule has 0 aliphatic rings. The molecule has 0 amide bonds. The molecular formula is C76H76N2O2Se2. The first-order chi connectivity index (χ1) is 40.4. The summed E-state index contributed by atoms with van der Waals surface area (Å²) in [6, 6.07) is 69.7. The van der Waals surface area contributed by atoms with E-state index in [-0.39, 0.29) is 0 Å². The molecule has 0 radical (unpaired) electrons. The van der Waals surface area contributed by atoms with Crippen LogP contribution < -0.4 is 19.3 Å². The smallest absolute Gasteiger partial charge is 0.00990 e. The first kappa shape index (κ1) is 57.7. The van der Waals surface area contributed by atoms with Crippen LogP contribution in [-0.4, -0.2) is 67.7 Å². The van der Waals surface area contributed by atoms with Gasteiger partial charge >= 0.3 is 194 Å². The number of hydrogen-bond donors (Lipinski definition) is 0. The normalized spacial score (nSPS) is 11.9. The van der Waals surface area contributed by atoms with Gasteiger partial charge in [0.15, 0.2) is 0 Å². The zero-order chi connectivity index (χ0) is 56.3. The van der Waals surface area contributed by atoms with E-state index in [1.165, 1.54) is 137 Å². The van der Waals surface area contributed by atoms with Crippen molar-refractivity contribution >= 4 is 129 Å². The Bertz CT molecular complexity index is 3440. The molecule has 10 rings (SSSR count). The Balaban J connectivity index is 0.588. The van der Waals surface area contributed by atoms with Gasteiger partial charge in [-0.1, -0.05) is 158 Å². The van der Waals surface area contributed by atoms with Gasteiger partial charge in [-0.15, -0.1) is 0 Å². The molecule has 0 aliphatic carbocycles. The molecule has 0 bridgehead atoms. The summed E-state index contributed by atoms with van der Waals surface area (Å²) in [6.45, 7) is 1.55. The molecule has 4 nitrogen and oxygen atoms in total. The van der Waals surface area contributed by atoms with Gasteiger partial charge in [0.05, 0.1) is 0 Å². The molecule has 6 heteroatoms. The fourth-order valence-electron chi connectivity index (χ4n) is 10.7. The number of hydrogen-bond acceptors (Lipinski definition) is 4. The van der Waals surface area contributed by atoms with Crippen LogP contribution in [0.15, 0.2) is 194 Å². The topological polar surface area (TPSA) is 24.9 Å². The Morgan fingerprint density at radius 3 is 0.780 bits per heavy atom. The molecule has 82 heavy (non-hydrogen) atoms.